The summed E-state index contributed by atoms with van der Waals surface area (Å²) >= 11 is 5.94. The van der Waals surface area contributed by atoms with Crippen LogP contribution in [0, 0.1) is 5.82 Å². The number of benzene rings is 2. The SMILES string of the molecule is COc1cc2ncnc(Nc3cccc(Cl)c3F)c2cc1O[C@H]1C[C@@H](C(=O)N2CCN(C)CC2)N(C)C1. The van der Waals surface area contributed by atoms with Crippen LogP contribution < -0.4 is 14.8 Å². The zero-order chi connectivity index (χ0) is 26.1. The standard InChI is InChI=1S/C26H30ClFN6O3/c1-32-7-9-34(10-8-32)26(35)21-11-16(14-33(21)2)37-23-12-17-20(13-22(23)36-3)29-15-30-25(17)31-19-6-4-5-18(27)24(19)28/h4-6,12-13,15-16,21H,7-11,14H2,1-3H3,(H,29,30,31)/t16-,21-/m0/s1. The minimum atomic E-state index is -0.564. The predicted molar refractivity (Wildman–Crippen MR) is 140 cm³/mol. The molecule has 2 atom stereocenters. The van der Waals surface area contributed by atoms with Crippen LogP contribution >= 0.6 is 11.6 Å². The molecule has 0 radical (unpaired) electrons. The Labute approximate surface area is 220 Å². The highest BCUT2D eigenvalue weighted by Crippen LogP contribution is 2.37. The Morgan fingerprint density at radius 2 is 1.92 bits per heavy atom. The van der Waals surface area contributed by atoms with E-state index in [1.807, 2.05) is 11.9 Å². The van der Waals surface area contributed by atoms with Gasteiger partial charge >= 0.3 is 0 Å². The van der Waals surface area contributed by atoms with Crippen LogP contribution in [0.1, 0.15) is 6.42 Å². The van der Waals surface area contributed by atoms with Crippen LogP contribution in [-0.2, 0) is 4.79 Å². The van der Waals surface area contributed by atoms with Crippen LogP contribution in [-0.4, -0.2) is 96.6 Å². The van der Waals surface area contributed by atoms with Gasteiger partial charge in [-0.05, 0) is 32.3 Å². The molecule has 37 heavy (non-hydrogen) atoms. The van der Waals surface area contributed by atoms with Gasteiger partial charge in [0.15, 0.2) is 17.3 Å². The van der Waals surface area contributed by atoms with Gasteiger partial charge in [0.1, 0.15) is 18.2 Å². The van der Waals surface area contributed by atoms with E-state index >= 15 is 0 Å². The molecular weight excluding hydrogens is 499 g/mol. The van der Waals surface area contributed by atoms with E-state index in [-0.39, 0.29) is 28.8 Å². The van der Waals surface area contributed by atoms with Gasteiger partial charge in [-0.3, -0.25) is 9.69 Å². The molecule has 0 aliphatic carbocycles. The topological polar surface area (TPSA) is 83.1 Å². The third-order valence-corrected chi connectivity index (χ3v) is 7.32. The summed E-state index contributed by atoms with van der Waals surface area (Å²) in [5, 5.41) is 3.66. The molecule has 0 saturated carbocycles. The number of anilines is 2. The summed E-state index contributed by atoms with van der Waals surface area (Å²) in [6.45, 7) is 3.86. The number of rotatable bonds is 6. The molecule has 2 saturated heterocycles. The Bertz CT molecular complexity index is 1300. The number of piperazine rings is 1. The molecular formula is C26H30ClFN6O3. The van der Waals surface area contributed by atoms with Crippen molar-refractivity contribution in [3.63, 3.8) is 0 Å². The highest BCUT2D eigenvalue weighted by atomic mass is 35.5. The highest BCUT2D eigenvalue weighted by Gasteiger charge is 2.38. The van der Waals surface area contributed by atoms with E-state index in [2.05, 4.69) is 32.1 Å². The number of halogens is 2. The lowest BCUT2D eigenvalue weighted by Crippen LogP contribution is -2.52. The molecule has 2 fully saturated rings. The van der Waals surface area contributed by atoms with Gasteiger partial charge in [0.25, 0.3) is 0 Å². The smallest absolute Gasteiger partial charge is 0.240 e. The van der Waals surface area contributed by atoms with Crippen molar-refractivity contribution in [2.45, 2.75) is 18.6 Å². The first-order chi connectivity index (χ1) is 17.8. The number of nitrogens with zero attached hydrogens (tertiary/aromatic N) is 5. The number of amides is 1. The van der Waals surface area contributed by atoms with E-state index in [0.29, 0.717) is 41.2 Å². The fourth-order valence-electron chi connectivity index (χ4n) is 4.89. The van der Waals surface area contributed by atoms with Gasteiger partial charge in [0.2, 0.25) is 5.91 Å². The number of carbonyl (C=O) groups is 1. The van der Waals surface area contributed by atoms with E-state index in [4.69, 9.17) is 21.1 Å². The number of hydrogen-bond donors (Lipinski definition) is 1. The number of aromatic nitrogens is 2. The molecule has 1 amide bonds. The van der Waals surface area contributed by atoms with Crippen molar-refractivity contribution in [1.29, 1.82) is 0 Å². The van der Waals surface area contributed by atoms with Crippen LogP contribution in [0.15, 0.2) is 36.7 Å². The lowest BCUT2D eigenvalue weighted by molar-refractivity contribution is -0.137. The summed E-state index contributed by atoms with van der Waals surface area (Å²) < 4.78 is 26.5. The van der Waals surface area contributed by atoms with Crippen LogP contribution in [0.25, 0.3) is 10.9 Å². The minimum Gasteiger partial charge on any atom is -0.493 e. The summed E-state index contributed by atoms with van der Waals surface area (Å²) in [5.74, 6) is 1.01. The molecule has 3 aromatic rings. The molecule has 0 spiro atoms. The van der Waals surface area contributed by atoms with E-state index < -0.39 is 5.82 Å². The quantitative estimate of drug-likeness (QED) is 0.521. The Kier molecular flexibility index (Phi) is 7.32. The summed E-state index contributed by atoms with van der Waals surface area (Å²) in [6.07, 6.45) is 1.77. The maximum Gasteiger partial charge on any atom is 0.240 e. The molecule has 1 N–H and O–H groups in total. The van der Waals surface area contributed by atoms with Crippen molar-refractivity contribution in [2.75, 3.05) is 59.2 Å². The normalized spacial score (nSPS) is 20.8. The van der Waals surface area contributed by atoms with E-state index in [0.717, 1.165) is 26.2 Å². The lowest BCUT2D eigenvalue weighted by Gasteiger charge is -2.35. The van der Waals surface area contributed by atoms with Crippen molar-refractivity contribution < 1.29 is 18.7 Å². The number of methoxy groups -OCH3 is 1. The molecule has 2 aliphatic heterocycles. The molecule has 1 aromatic heterocycles. The van der Waals surface area contributed by atoms with Gasteiger partial charge < -0.3 is 24.6 Å². The Morgan fingerprint density at radius 1 is 1.14 bits per heavy atom. The molecule has 2 aliphatic rings. The Morgan fingerprint density at radius 3 is 2.68 bits per heavy atom. The molecule has 9 nitrogen and oxygen atoms in total. The zero-order valence-electron chi connectivity index (χ0n) is 21.1. The number of nitrogens with one attached hydrogen (secondary N) is 1. The second-order valence-corrected chi connectivity index (χ2v) is 9.94. The van der Waals surface area contributed by atoms with Crippen molar-refractivity contribution in [3.8, 4) is 11.5 Å². The lowest BCUT2D eigenvalue weighted by atomic mass is 10.1. The average molecular weight is 529 g/mol. The first-order valence-corrected chi connectivity index (χ1v) is 12.6. The Balaban J connectivity index is 1.37. The number of likely N-dealkylation sites (tertiary alicyclic amines) is 1. The molecule has 0 unspecified atom stereocenters. The first-order valence-electron chi connectivity index (χ1n) is 12.2. The second kappa shape index (κ2) is 10.6. The molecule has 5 rings (SSSR count). The summed E-state index contributed by atoms with van der Waals surface area (Å²) in [6, 6.07) is 8.04. The molecule has 3 heterocycles. The summed E-state index contributed by atoms with van der Waals surface area (Å²) in [4.78, 5) is 28.1. The van der Waals surface area contributed by atoms with Crippen molar-refractivity contribution in [1.82, 2.24) is 24.7 Å². The van der Waals surface area contributed by atoms with Gasteiger partial charge in [-0.25, -0.2) is 14.4 Å². The maximum absolute atomic E-state index is 14.5. The predicted octanol–water partition coefficient (Wildman–Crippen LogP) is 3.40. The first kappa shape index (κ1) is 25.4. The number of carbonyl (C=O) groups excluding carboxylic acids is 1. The molecule has 196 valence electrons. The zero-order valence-corrected chi connectivity index (χ0v) is 21.8. The fraction of sp³-hybridized carbons (Fsp3) is 0.423. The number of ether oxygens (including phenoxy) is 2. The third-order valence-electron chi connectivity index (χ3n) is 7.03. The van der Waals surface area contributed by atoms with Gasteiger partial charge in [0.05, 0.1) is 29.4 Å². The second-order valence-electron chi connectivity index (χ2n) is 9.53. The van der Waals surface area contributed by atoms with Crippen LogP contribution in [0.4, 0.5) is 15.9 Å². The largest absolute Gasteiger partial charge is 0.493 e. The fourth-order valence-corrected chi connectivity index (χ4v) is 5.06. The Hall–Kier alpha value is -3.21. The van der Waals surface area contributed by atoms with Crippen LogP contribution in [0.5, 0.6) is 11.5 Å². The van der Waals surface area contributed by atoms with Crippen molar-refractivity contribution in [3.05, 3.63) is 47.5 Å². The van der Waals surface area contributed by atoms with Crippen molar-refractivity contribution in [2.24, 2.45) is 0 Å². The number of likely N-dealkylation sites (N-methyl/N-ethyl adjacent to an activating group) is 2. The molecule has 0 bridgehead atoms. The molecule has 2 aromatic carbocycles. The summed E-state index contributed by atoms with van der Waals surface area (Å²) in [7, 11) is 5.59. The third kappa shape index (κ3) is 5.27. The van der Waals surface area contributed by atoms with E-state index in [1.54, 1.807) is 31.4 Å². The monoisotopic (exact) mass is 528 g/mol. The average Bonchev–Trinajstić information content (AvgIpc) is 3.26. The molecule has 11 heteroatoms. The van der Waals surface area contributed by atoms with Gasteiger partial charge in [0, 0.05) is 50.6 Å². The highest BCUT2D eigenvalue weighted by molar-refractivity contribution is 6.31. The maximum atomic E-state index is 14.5. The number of fused-ring (bicyclic) bond motifs is 1. The van der Waals surface area contributed by atoms with E-state index in [9.17, 15) is 9.18 Å². The van der Waals surface area contributed by atoms with Gasteiger partial charge in [-0.15, -0.1) is 0 Å². The van der Waals surface area contributed by atoms with Crippen LogP contribution in [0.2, 0.25) is 5.02 Å². The number of hydrogen-bond acceptors (Lipinski definition) is 8. The summed E-state index contributed by atoms with van der Waals surface area (Å²) in [5.41, 5.74) is 0.810. The van der Waals surface area contributed by atoms with Gasteiger partial charge in [-0.1, -0.05) is 17.7 Å². The van der Waals surface area contributed by atoms with E-state index in [1.165, 1.54) is 12.4 Å². The van der Waals surface area contributed by atoms with Crippen LogP contribution in [0.3, 0.4) is 0 Å². The minimum absolute atomic E-state index is 0.0140. The van der Waals surface area contributed by atoms with Crippen molar-refractivity contribution >= 4 is 39.9 Å². The van der Waals surface area contributed by atoms with Gasteiger partial charge in [-0.2, -0.15) is 0 Å².